The van der Waals surface area contributed by atoms with Crippen molar-refractivity contribution in [2.24, 2.45) is 0 Å². The number of aliphatic hydroxyl groups is 1. The fourth-order valence-electron chi connectivity index (χ4n) is 3.39. The Morgan fingerprint density at radius 1 is 1.34 bits per heavy atom. The van der Waals surface area contributed by atoms with Gasteiger partial charge in [0.15, 0.2) is 0 Å². The van der Waals surface area contributed by atoms with Crippen molar-refractivity contribution >= 4 is 17.0 Å². The number of hydrogen-bond donors (Lipinski definition) is 3. The van der Waals surface area contributed by atoms with Gasteiger partial charge >= 0.3 is 6.18 Å². The van der Waals surface area contributed by atoms with Crippen LogP contribution < -0.4 is 5.32 Å². The summed E-state index contributed by atoms with van der Waals surface area (Å²) in [6, 6.07) is 2.42. The van der Waals surface area contributed by atoms with Crippen LogP contribution in [0.1, 0.15) is 11.1 Å². The number of anilines is 1. The first-order chi connectivity index (χ1) is 15.3. The van der Waals surface area contributed by atoms with Gasteiger partial charge < -0.3 is 20.3 Å². The van der Waals surface area contributed by atoms with Gasteiger partial charge in [-0.1, -0.05) is 12.2 Å². The van der Waals surface area contributed by atoms with Crippen LogP contribution in [-0.4, -0.2) is 56.2 Å². The maximum Gasteiger partial charge on any atom is 0.417 e. The second-order valence-corrected chi connectivity index (χ2v) is 7.24. The quantitative estimate of drug-likeness (QED) is 0.558. The Labute approximate surface area is 180 Å². The molecule has 0 fully saturated rings. The van der Waals surface area contributed by atoms with Crippen LogP contribution in [-0.2, 0) is 6.18 Å². The zero-order chi connectivity index (χ0) is 22.9. The van der Waals surface area contributed by atoms with Gasteiger partial charge in [0.25, 0.3) is 0 Å². The fourth-order valence-corrected chi connectivity index (χ4v) is 3.39. The first kappa shape index (κ1) is 21.3. The number of pyridine rings is 1. The van der Waals surface area contributed by atoms with Crippen LogP contribution in [0.4, 0.5) is 19.1 Å². The number of aliphatic hydroxyl groups excluding tert-OH is 1. The third-order valence-corrected chi connectivity index (χ3v) is 4.98. The smallest absolute Gasteiger partial charge is 0.394 e. The van der Waals surface area contributed by atoms with Crippen LogP contribution in [0.25, 0.3) is 22.3 Å². The lowest BCUT2D eigenvalue weighted by Crippen LogP contribution is -2.29. The molecule has 0 aliphatic carbocycles. The highest BCUT2D eigenvalue weighted by Crippen LogP contribution is 2.34. The SMILES string of the molecule is CN1C=C(C(CO)Nc2ncc(C#N)c(-c3c[nH]c4ncc(C(F)(F)F)cc34)n2)C=CC1. The van der Waals surface area contributed by atoms with Crippen LogP contribution >= 0.6 is 0 Å². The van der Waals surface area contributed by atoms with Gasteiger partial charge in [0, 0.05) is 43.1 Å². The van der Waals surface area contributed by atoms with E-state index < -0.39 is 17.8 Å². The van der Waals surface area contributed by atoms with E-state index in [1.165, 1.54) is 12.4 Å². The van der Waals surface area contributed by atoms with Crippen LogP contribution in [0.15, 0.2) is 48.6 Å². The minimum atomic E-state index is -4.56. The first-order valence-electron chi connectivity index (χ1n) is 9.58. The molecule has 0 saturated heterocycles. The number of nitrogens with one attached hydrogen (secondary N) is 2. The molecule has 3 N–H and O–H groups in total. The molecule has 3 aromatic rings. The van der Waals surface area contributed by atoms with E-state index in [0.717, 1.165) is 24.4 Å². The minimum Gasteiger partial charge on any atom is -0.394 e. The monoisotopic (exact) mass is 441 g/mol. The standard InChI is InChI=1S/C21H18F3N7O/c1-31-4-2-3-12(10-31)17(11-32)29-20-28-7-13(6-25)18(30-20)16-9-27-19-15(16)5-14(8-26-19)21(22,23)24/h2-3,5,7-10,17,32H,4,11H2,1H3,(H,26,27)(H,28,29,30). The van der Waals surface area contributed by atoms with Gasteiger partial charge in [-0.2, -0.15) is 18.4 Å². The maximum absolute atomic E-state index is 13.2. The number of hydrogen-bond acceptors (Lipinski definition) is 7. The number of nitrogens with zero attached hydrogens (tertiary/aromatic N) is 5. The fraction of sp³-hybridized carbons (Fsp3) is 0.238. The van der Waals surface area contributed by atoms with Crippen molar-refractivity contribution in [1.29, 1.82) is 5.26 Å². The van der Waals surface area contributed by atoms with E-state index in [0.29, 0.717) is 0 Å². The molecule has 0 spiro atoms. The average molecular weight is 441 g/mol. The normalized spacial score (nSPS) is 14.9. The van der Waals surface area contributed by atoms with E-state index in [1.54, 1.807) is 0 Å². The number of halogens is 3. The molecule has 0 aromatic carbocycles. The highest BCUT2D eigenvalue weighted by Gasteiger charge is 2.31. The van der Waals surface area contributed by atoms with E-state index in [2.05, 4.69) is 25.3 Å². The van der Waals surface area contributed by atoms with Crippen molar-refractivity contribution in [2.45, 2.75) is 12.2 Å². The molecule has 0 amide bonds. The van der Waals surface area contributed by atoms with Gasteiger partial charge in [-0.05, 0) is 11.6 Å². The molecule has 11 heteroatoms. The van der Waals surface area contributed by atoms with Crippen molar-refractivity contribution in [2.75, 3.05) is 25.5 Å². The van der Waals surface area contributed by atoms with Crippen LogP contribution in [0.3, 0.4) is 0 Å². The summed E-state index contributed by atoms with van der Waals surface area (Å²) in [7, 11) is 1.90. The van der Waals surface area contributed by atoms with E-state index in [9.17, 15) is 23.5 Å². The van der Waals surface area contributed by atoms with Gasteiger partial charge in [-0.3, -0.25) is 0 Å². The number of fused-ring (bicyclic) bond motifs is 1. The minimum absolute atomic E-state index is 0.0888. The number of nitriles is 1. The molecule has 4 heterocycles. The van der Waals surface area contributed by atoms with Gasteiger partial charge in [-0.15, -0.1) is 0 Å². The number of aromatic amines is 1. The molecule has 32 heavy (non-hydrogen) atoms. The van der Waals surface area contributed by atoms with Crippen LogP contribution in [0.2, 0.25) is 0 Å². The van der Waals surface area contributed by atoms with Crippen molar-refractivity contribution < 1.29 is 18.3 Å². The predicted molar refractivity (Wildman–Crippen MR) is 111 cm³/mol. The number of H-pyrrole nitrogens is 1. The molecule has 3 aromatic heterocycles. The van der Waals surface area contributed by atoms with E-state index >= 15 is 0 Å². The Balaban J connectivity index is 1.75. The zero-order valence-corrected chi connectivity index (χ0v) is 16.9. The first-order valence-corrected chi connectivity index (χ1v) is 9.58. The molecule has 4 rings (SSSR count). The van der Waals surface area contributed by atoms with Gasteiger partial charge in [0.2, 0.25) is 5.95 Å². The summed E-state index contributed by atoms with van der Waals surface area (Å²) in [6.07, 6.45) is 4.63. The third-order valence-electron chi connectivity index (χ3n) is 4.98. The summed E-state index contributed by atoms with van der Waals surface area (Å²) in [6.45, 7) is 0.502. The zero-order valence-electron chi connectivity index (χ0n) is 16.9. The molecule has 0 saturated carbocycles. The van der Waals surface area contributed by atoms with E-state index in [-0.39, 0.29) is 40.4 Å². The number of likely N-dealkylation sites (N-methyl/N-ethyl adjacent to an activating group) is 1. The van der Waals surface area contributed by atoms with Gasteiger partial charge in [0.05, 0.1) is 35.7 Å². The second kappa shape index (κ2) is 8.32. The van der Waals surface area contributed by atoms with Crippen molar-refractivity contribution in [3.63, 3.8) is 0 Å². The molecule has 8 nitrogen and oxygen atoms in total. The highest BCUT2D eigenvalue weighted by atomic mass is 19.4. The summed E-state index contributed by atoms with van der Waals surface area (Å²) >= 11 is 0. The number of rotatable bonds is 5. The summed E-state index contributed by atoms with van der Waals surface area (Å²) in [5, 5.41) is 22.6. The lowest BCUT2D eigenvalue weighted by Gasteiger charge is -2.24. The summed E-state index contributed by atoms with van der Waals surface area (Å²) < 4.78 is 39.5. The van der Waals surface area contributed by atoms with Crippen molar-refractivity contribution in [1.82, 2.24) is 24.8 Å². The lowest BCUT2D eigenvalue weighted by atomic mass is 10.1. The van der Waals surface area contributed by atoms with Crippen molar-refractivity contribution in [3.8, 4) is 17.3 Å². The predicted octanol–water partition coefficient (Wildman–Crippen LogP) is 3.07. The molecule has 0 bridgehead atoms. The molecular formula is C21H18F3N7O. The Morgan fingerprint density at radius 3 is 2.84 bits per heavy atom. The summed E-state index contributed by atoms with van der Waals surface area (Å²) in [5.74, 6) is 0.120. The Hall–Kier alpha value is -3.91. The Bertz CT molecular complexity index is 1260. The third kappa shape index (κ3) is 4.13. The average Bonchev–Trinajstić information content (AvgIpc) is 3.20. The van der Waals surface area contributed by atoms with Crippen molar-refractivity contribution in [3.05, 3.63) is 59.7 Å². The van der Waals surface area contributed by atoms with Crippen LogP contribution in [0.5, 0.6) is 0 Å². The molecule has 1 aliphatic rings. The van der Waals surface area contributed by atoms with E-state index in [4.69, 9.17) is 0 Å². The van der Waals surface area contributed by atoms with Gasteiger partial charge in [-0.25, -0.2) is 15.0 Å². The van der Waals surface area contributed by atoms with Crippen LogP contribution in [0, 0.1) is 11.3 Å². The summed E-state index contributed by atoms with van der Waals surface area (Å²) in [5.41, 5.74) is 0.667. The largest absolute Gasteiger partial charge is 0.417 e. The molecule has 1 atom stereocenters. The lowest BCUT2D eigenvalue weighted by molar-refractivity contribution is -0.137. The highest BCUT2D eigenvalue weighted by molar-refractivity contribution is 5.94. The molecular weight excluding hydrogens is 423 g/mol. The second-order valence-electron chi connectivity index (χ2n) is 7.24. The Kier molecular flexibility index (Phi) is 5.54. The maximum atomic E-state index is 13.2. The Morgan fingerprint density at radius 2 is 2.16 bits per heavy atom. The molecule has 1 unspecified atom stereocenters. The number of aromatic nitrogens is 4. The van der Waals surface area contributed by atoms with E-state index in [1.807, 2.05) is 36.4 Å². The molecule has 1 aliphatic heterocycles. The topological polar surface area (TPSA) is 114 Å². The summed E-state index contributed by atoms with van der Waals surface area (Å²) in [4.78, 5) is 17.1. The van der Waals surface area contributed by atoms with Gasteiger partial charge in [0.1, 0.15) is 11.7 Å². The molecule has 164 valence electrons. The molecule has 0 radical (unpaired) electrons. The number of alkyl halides is 3.